The first kappa shape index (κ1) is 9.01. The SMILES string of the molecule is CCC1(CC)OC(C)(C)C1N. The van der Waals surface area contributed by atoms with E-state index in [-0.39, 0.29) is 17.2 Å². The van der Waals surface area contributed by atoms with Crippen molar-refractivity contribution in [2.75, 3.05) is 0 Å². The molecule has 0 saturated carbocycles. The summed E-state index contributed by atoms with van der Waals surface area (Å²) in [5.41, 5.74) is 5.90. The Morgan fingerprint density at radius 2 is 1.73 bits per heavy atom. The molecule has 1 saturated heterocycles. The molecule has 0 amide bonds. The van der Waals surface area contributed by atoms with Gasteiger partial charge in [-0.05, 0) is 26.7 Å². The number of ether oxygens (including phenoxy) is 1. The maximum Gasteiger partial charge on any atom is 0.0863 e. The van der Waals surface area contributed by atoms with Gasteiger partial charge < -0.3 is 10.5 Å². The zero-order valence-electron chi connectivity index (χ0n) is 7.98. The predicted molar refractivity (Wildman–Crippen MR) is 46.5 cm³/mol. The van der Waals surface area contributed by atoms with Crippen molar-refractivity contribution >= 4 is 0 Å². The Hall–Kier alpha value is -0.0800. The van der Waals surface area contributed by atoms with Crippen molar-refractivity contribution in [3.05, 3.63) is 0 Å². The number of rotatable bonds is 2. The molecule has 0 aromatic heterocycles. The van der Waals surface area contributed by atoms with Crippen LogP contribution in [0, 0.1) is 0 Å². The first-order valence-corrected chi connectivity index (χ1v) is 4.44. The molecule has 1 aliphatic rings. The van der Waals surface area contributed by atoms with Gasteiger partial charge in [-0.2, -0.15) is 0 Å². The fourth-order valence-electron chi connectivity index (χ4n) is 2.06. The lowest BCUT2D eigenvalue weighted by Gasteiger charge is -2.58. The molecule has 0 aliphatic carbocycles. The molecule has 1 unspecified atom stereocenters. The van der Waals surface area contributed by atoms with E-state index in [1.807, 2.05) is 0 Å². The Balaban J connectivity index is 2.66. The van der Waals surface area contributed by atoms with Crippen LogP contribution in [0.15, 0.2) is 0 Å². The third-order valence-electron chi connectivity index (χ3n) is 2.98. The van der Waals surface area contributed by atoms with E-state index < -0.39 is 0 Å². The largest absolute Gasteiger partial charge is 0.366 e. The van der Waals surface area contributed by atoms with E-state index in [1.54, 1.807) is 0 Å². The highest BCUT2D eigenvalue weighted by Crippen LogP contribution is 2.44. The van der Waals surface area contributed by atoms with Crippen LogP contribution in [0.1, 0.15) is 40.5 Å². The summed E-state index contributed by atoms with van der Waals surface area (Å²) < 4.78 is 5.80. The number of nitrogens with two attached hydrogens (primary N) is 1. The Morgan fingerprint density at radius 1 is 1.27 bits per heavy atom. The summed E-state index contributed by atoms with van der Waals surface area (Å²) in [5.74, 6) is 0. The van der Waals surface area contributed by atoms with E-state index in [9.17, 15) is 0 Å². The molecular formula is C9H19NO. The van der Waals surface area contributed by atoms with Crippen molar-refractivity contribution < 1.29 is 4.74 Å². The average molecular weight is 157 g/mol. The van der Waals surface area contributed by atoms with E-state index >= 15 is 0 Å². The van der Waals surface area contributed by atoms with Crippen molar-refractivity contribution in [1.82, 2.24) is 0 Å². The summed E-state index contributed by atoms with van der Waals surface area (Å²) in [6.07, 6.45) is 2.04. The van der Waals surface area contributed by atoms with Gasteiger partial charge in [-0.15, -0.1) is 0 Å². The van der Waals surface area contributed by atoms with Crippen LogP contribution in [0.4, 0.5) is 0 Å². The Morgan fingerprint density at radius 3 is 1.82 bits per heavy atom. The topological polar surface area (TPSA) is 35.2 Å². The van der Waals surface area contributed by atoms with Crippen LogP contribution in [0.3, 0.4) is 0 Å². The molecule has 1 rings (SSSR count). The molecule has 0 spiro atoms. The van der Waals surface area contributed by atoms with Crippen molar-refractivity contribution in [1.29, 1.82) is 0 Å². The third-order valence-corrected chi connectivity index (χ3v) is 2.98. The highest BCUT2D eigenvalue weighted by molar-refractivity contribution is 5.09. The van der Waals surface area contributed by atoms with Crippen LogP contribution in [0.25, 0.3) is 0 Å². The summed E-state index contributed by atoms with van der Waals surface area (Å²) in [6.45, 7) is 8.39. The minimum absolute atomic E-state index is 0.0243. The number of hydrogen-bond donors (Lipinski definition) is 1. The molecule has 0 bridgehead atoms. The maximum atomic E-state index is 6.03. The quantitative estimate of drug-likeness (QED) is 0.662. The van der Waals surface area contributed by atoms with Gasteiger partial charge in [0.2, 0.25) is 0 Å². The van der Waals surface area contributed by atoms with Crippen molar-refractivity contribution in [2.24, 2.45) is 5.73 Å². The lowest BCUT2D eigenvalue weighted by Crippen LogP contribution is -2.73. The van der Waals surface area contributed by atoms with Gasteiger partial charge in [-0.3, -0.25) is 0 Å². The van der Waals surface area contributed by atoms with Crippen molar-refractivity contribution in [3.8, 4) is 0 Å². The van der Waals surface area contributed by atoms with Crippen LogP contribution in [0.5, 0.6) is 0 Å². The Kier molecular flexibility index (Phi) is 2.01. The maximum absolute atomic E-state index is 6.03. The van der Waals surface area contributed by atoms with E-state index in [0.717, 1.165) is 12.8 Å². The highest BCUT2D eigenvalue weighted by Gasteiger charge is 2.56. The van der Waals surface area contributed by atoms with E-state index in [1.165, 1.54) is 0 Å². The Labute approximate surface area is 69.1 Å². The fourth-order valence-corrected chi connectivity index (χ4v) is 2.06. The molecule has 0 radical (unpaired) electrons. The molecule has 0 aromatic carbocycles. The second-order valence-corrected chi connectivity index (χ2v) is 3.96. The lowest BCUT2D eigenvalue weighted by molar-refractivity contribution is -0.275. The summed E-state index contributed by atoms with van der Waals surface area (Å²) >= 11 is 0. The molecule has 11 heavy (non-hydrogen) atoms. The number of hydrogen-bond acceptors (Lipinski definition) is 2. The third kappa shape index (κ3) is 1.09. The summed E-state index contributed by atoms with van der Waals surface area (Å²) in [5, 5.41) is 0. The predicted octanol–water partition coefficient (Wildman–Crippen LogP) is 1.68. The molecule has 0 aromatic rings. The van der Waals surface area contributed by atoms with Crippen LogP contribution in [-0.4, -0.2) is 17.2 Å². The summed E-state index contributed by atoms with van der Waals surface area (Å²) in [4.78, 5) is 0. The highest BCUT2D eigenvalue weighted by atomic mass is 16.6. The molecule has 2 N–H and O–H groups in total. The van der Waals surface area contributed by atoms with E-state index in [4.69, 9.17) is 10.5 Å². The standard InChI is InChI=1S/C9H19NO/c1-5-9(6-2)7(10)8(3,4)11-9/h7H,5-6,10H2,1-4H3. The van der Waals surface area contributed by atoms with Gasteiger partial charge in [0.05, 0.1) is 17.2 Å². The first-order chi connectivity index (χ1) is 4.98. The van der Waals surface area contributed by atoms with Gasteiger partial charge in [0.15, 0.2) is 0 Å². The van der Waals surface area contributed by atoms with Crippen LogP contribution < -0.4 is 5.73 Å². The minimum Gasteiger partial charge on any atom is -0.366 e. The molecular weight excluding hydrogens is 138 g/mol. The molecule has 2 heteroatoms. The molecule has 1 aliphatic heterocycles. The van der Waals surface area contributed by atoms with Gasteiger partial charge in [0.25, 0.3) is 0 Å². The van der Waals surface area contributed by atoms with Crippen LogP contribution in [-0.2, 0) is 4.74 Å². The molecule has 2 nitrogen and oxygen atoms in total. The lowest BCUT2D eigenvalue weighted by atomic mass is 9.73. The zero-order valence-corrected chi connectivity index (χ0v) is 7.98. The smallest absolute Gasteiger partial charge is 0.0863 e. The van der Waals surface area contributed by atoms with Gasteiger partial charge in [0.1, 0.15) is 0 Å². The summed E-state index contributed by atoms with van der Waals surface area (Å²) in [6, 6.07) is 0.199. The molecule has 66 valence electrons. The zero-order chi connectivity index (χ0) is 8.70. The molecule has 1 atom stereocenters. The van der Waals surface area contributed by atoms with Crippen LogP contribution in [0.2, 0.25) is 0 Å². The van der Waals surface area contributed by atoms with Gasteiger partial charge >= 0.3 is 0 Å². The molecule has 1 heterocycles. The van der Waals surface area contributed by atoms with E-state index in [0.29, 0.717) is 0 Å². The Bertz CT molecular complexity index is 150. The van der Waals surface area contributed by atoms with Crippen molar-refractivity contribution in [3.63, 3.8) is 0 Å². The van der Waals surface area contributed by atoms with Gasteiger partial charge in [-0.1, -0.05) is 13.8 Å². The average Bonchev–Trinajstić information content (AvgIpc) is 1.99. The van der Waals surface area contributed by atoms with Gasteiger partial charge in [0, 0.05) is 0 Å². The van der Waals surface area contributed by atoms with Crippen LogP contribution >= 0.6 is 0 Å². The van der Waals surface area contributed by atoms with Gasteiger partial charge in [-0.25, -0.2) is 0 Å². The minimum atomic E-state index is -0.105. The second-order valence-electron chi connectivity index (χ2n) is 3.96. The summed E-state index contributed by atoms with van der Waals surface area (Å²) in [7, 11) is 0. The van der Waals surface area contributed by atoms with Crippen molar-refractivity contribution in [2.45, 2.75) is 57.8 Å². The van der Waals surface area contributed by atoms with E-state index in [2.05, 4.69) is 27.7 Å². The molecule has 1 fully saturated rings. The normalized spacial score (nSPS) is 33.0. The first-order valence-electron chi connectivity index (χ1n) is 4.44. The monoisotopic (exact) mass is 157 g/mol. The fraction of sp³-hybridized carbons (Fsp3) is 1.00. The second kappa shape index (κ2) is 2.46.